The number of nitrogens with zero attached hydrogens (tertiary/aromatic N) is 1. The second-order valence-electron chi connectivity index (χ2n) is 5.40. The Morgan fingerprint density at radius 3 is 2.59 bits per heavy atom. The van der Waals surface area contributed by atoms with Gasteiger partial charge in [0.2, 0.25) is 10.0 Å². The van der Waals surface area contributed by atoms with Crippen LogP contribution in [0.5, 0.6) is 5.75 Å². The summed E-state index contributed by atoms with van der Waals surface area (Å²) in [5.74, 6) is -0.881. The van der Waals surface area contributed by atoms with Crippen molar-refractivity contribution in [1.29, 1.82) is 0 Å². The summed E-state index contributed by atoms with van der Waals surface area (Å²) >= 11 is 1.14. The van der Waals surface area contributed by atoms with Gasteiger partial charge in [-0.05, 0) is 37.4 Å². The fourth-order valence-electron chi connectivity index (χ4n) is 2.31. The SMILES string of the molecule is CNS(=O)(=O)c1ccc2nc(NC(=O)c3ccccc3OC(C)=O)sc2c1. The maximum Gasteiger partial charge on any atom is 0.308 e. The number of ether oxygens (including phenoxy) is 1. The minimum Gasteiger partial charge on any atom is -0.426 e. The van der Waals surface area contributed by atoms with Crippen LogP contribution in [0.1, 0.15) is 17.3 Å². The second-order valence-corrected chi connectivity index (χ2v) is 8.32. The summed E-state index contributed by atoms with van der Waals surface area (Å²) < 4.78 is 31.7. The van der Waals surface area contributed by atoms with Crippen LogP contribution < -0.4 is 14.8 Å². The Morgan fingerprint density at radius 1 is 1.15 bits per heavy atom. The molecule has 2 N–H and O–H groups in total. The van der Waals surface area contributed by atoms with Crippen LogP contribution in [-0.2, 0) is 14.8 Å². The van der Waals surface area contributed by atoms with E-state index >= 15 is 0 Å². The van der Waals surface area contributed by atoms with Gasteiger partial charge in [0.1, 0.15) is 5.75 Å². The lowest BCUT2D eigenvalue weighted by atomic mass is 10.2. The normalized spacial score (nSPS) is 11.3. The summed E-state index contributed by atoms with van der Waals surface area (Å²) in [6.07, 6.45) is 0. The standard InChI is InChI=1S/C17H15N3O5S2/c1-10(21)25-14-6-4-3-5-12(14)16(22)20-17-19-13-8-7-11(9-15(13)26-17)27(23,24)18-2/h3-9,18H,1-2H3,(H,19,20,22). The zero-order chi connectivity index (χ0) is 19.6. The number of benzene rings is 2. The number of carbonyl (C=O) groups excluding carboxylic acids is 2. The highest BCUT2D eigenvalue weighted by Crippen LogP contribution is 2.29. The quantitative estimate of drug-likeness (QED) is 0.498. The van der Waals surface area contributed by atoms with Crippen molar-refractivity contribution in [2.24, 2.45) is 0 Å². The Balaban J connectivity index is 1.89. The van der Waals surface area contributed by atoms with E-state index in [0.717, 1.165) is 11.3 Å². The topological polar surface area (TPSA) is 114 Å². The number of amides is 1. The third kappa shape index (κ3) is 4.13. The Kier molecular flexibility index (Phi) is 5.22. The van der Waals surface area contributed by atoms with E-state index in [2.05, 4.69) is 15.0 Å². The van der Waals surface area contributed by atoms with E-state index in [1.165, 1.54) is 38.2 Å². The number of fused-ring (bicyclic) bond motifs is 1. The van der Waals surface area contributed by atoms with Gasteiger partial charge in [-0.2, -0.15) is 0 Å². The molecule has 1 heterocycles. The predicted molar refractivity (Wildman–Crippen MR) is 102 cm³/mol. The largest absolute Gasteiger partial charge is 0.426 e. The van der Waals surface area contributed by atoms with Crippen molar-refractivity contribution < 1.29 is 22.7 Å². The van der Waals surface area contributed by atoms with E-state index in [0.29, 0.717) is 15.3 Å². The smallest absolute Gasteiger partial charge is 0.308 e. The highest BCUT2D eigenvalue weighted by molar-refractivity contribution is 7.89. The van der Waals surface area contributed by atoms with Crippen LogP contribution in [0.15, 0.2) is 47.4 Å². The molecule has 10 heteroatoms. The lowest BCUT2D eigenvalue weighted by Gasteiger charge is -2.07. The molecule has 3 aromatic rings. The number of sulfonamides is 1. The first-order valence-electron chi connectivity index (χ1n) is 7.73. The van der Waals surface area contributed by atoms with Crippen LogP contribution >= 0.6 is 11.3 Å². The van der Waals surface area contributed by atoms with Crippen molar-refractivity contribution in [3.63, 3.8) is 0 Å². The van der Waals surface area contributed by atoms with Gasteiger partial charge in [-0.1, -0.05) is 23.5 Å². The molecule has 0 atom stereocenters. The van der Waals surface area contributed by atoms with E-state index in [-0.39, 0.29) is 16.2 Å². The first-order chi connectivity index (χ1) is 12.8. The van der Waals surface area contributed by atoms with Gasteiger partial charge < -0.3 is 4.74 Å². The van der Waals surface area contributed by atoms with Gasteiger partial charge in [0.25, 0.3) is 5.91 Å². The molecular formula is C17H15N3O5S2. The van der Waals surface area contributed by atoms with Gasteiger partial charge in [0.15, 0.2) is 5.13 Å². The van der Waals surface area contributed by atoms with Crippen LogP contribution in [-0.4, -0.2) is 32.3 Å². The zero-order valence-corrected chi connectivity index (χ0v) is 16.0. The van der Waals surface area contributed by atoms with E-state index < -0.39 is 21.9 Å². The van der Waals surface area contributed by atoms with E-state index in [9.17, 15) is 18.0 Å². The first-order valence-corrected chi connectivity index (χ1v) is 10.0. The molecule has 0 unspecified atom stereocenters. The predicted octanol–water partition coefficient (Wildman–Crippen LogP) is 2.38. The molecule has 1 aromatic heterocycles. The van der Waals surface area contributed by atoms with Crippen LogP contribution in [0.3, 0.4) is 0 Å². The fraction of sp³-hybridized carbons (Fsp3) is 0.118. The molecule has 0 aliphatic carbocycles. The molecule has 2 aromatic carbocycles. The molecular weight excluding hydrogens is 390 g/mol. The monoisotopic (exact) mass is 405 g/mol. The van der Waals surface area contributed by atoms with Gasteiger partial charge >= 0.3 is 5.97 Å². The van der Waals surface area contributed by atoms with Crippen molar-refractivity contribution in [2.75, 3.05) is 12.4 Å². The number of rotatable bonds is 5. The number of thiazole rings is 1. The highest BCUT2D eigenvalue weighted by atomic mass is 32.2. The molecule has 0 saturated heterocycles. The van der Waals surface area contributed by atoms with Crippen LogP contribution in [0.25, 0.3) is 10.2 Å². The summed E-state index contributed by atoms with van der Waals surface area (Å²) in [4.78, 5) is 28.1. The minimum atomic E-state index is -3.57. The van der Waals surface area contributed by atoms with Gasteiger partial charge in [-0.25, -0.2) is 18.1 Å². The van der Waals surface area contributed by atoms with Crippen molar-refractivity contribution in [2.45, 2.75) is 11.8 Å². The molecule has 0 radical (unpaired) electrons. The number of carbonyl (C=O) groups is 2. The third-order valence-electron chi connectivity index (χ3n) is 3.54. The number of anilines is 1. The Hall–Kier alpha value is -2.82. The Morgan fingerprint density at radius 2 is 1.89 bits per heavy atom. The van der Waals surface area contributed by atoms with Gasteiger partial charge in [0, 0.05) is 6.92 Å². The maximum atomic E-state index is 12.5. The molecule has 0 fully saturated rings. The molecule has 0 spiro atoms. The molecule has 8 nitrogen and oxygen atoms in total. The summed E-state index contributed by atoms with van der Waals surface area (Å²) in [5, 5.41) is 2.94. The lowest BCUT2D eigenvalue weighted by Crippen LogP contribution is -2.18. The number of para-hydroxylation sites is 1. The van der Waals surface area contributed by atoms with Crippen LogP contribution in [0.2, 0.25) is 0 Å². The Bertz CT molecular complexity index is 1140. The number of nitrogens with one attached hydrogen (secondary N) is 2. The van der Waals surface area contributed by atoms with Crippen LogP contribution in [0, 0.1) is 0 Å². The van der Waals surface area contributed by atoms with E-state index in [1.807, 2.05) is 0 Å². The molecule has 0 bridgehead atoms. The zero-order valence-electron chi connectivity index (χ0n) is 14.3. The van der Waals surface area contributed by atoms with Crippen molar-refractivity contribution >= 4 is 48.6 Å². The number of hydrogen-bond donors (Lipinski definition) is 2. The van der Waals surface area contributed by atoms with Crippen molar-refractivity contribution in [3.05, 3.63) is 48.0 Å². The van der Waals surface area contributed by atoms with E-state index in [4.69, 9.17) is 4.74 Å². The Labute approximate surface area is 159 Å². The third-order valence-corrected chi connectivity index (χ3v) is 5.89. The average Bonchev–Trinajstić information content (AvgIpc) is 3.02. The average molecular weight is 405 g/mol. The molecule has 0 aliphatic rings. The highest BCUT2D eigenvalue weighted by Gasteiger charge is 2.17. The summed E-state index contributed by atoms with van der Waals surface area (Å²) in [6.45, 7) is 1.25. The summed E-state index contributed by atoms with van der Waals surface area (Å²) in [6, 6.07) is 10.8. The first kappa shape index (κ1) is 19.0. The van der Waals surface area contributed by atoms with Gasteiger partial charge in [-0.15, -0.1) is 0 Å². The van der Waals surface area contributed by atoms with Gasteiger partial charge in [-0.3, -0.25) is 14.9 Å². The van der Waals surface area contributed by atoms with Crippen LogP contribution in [0.4, 0.5) is 5.13 Å². The van der Waals surface area contributed by atoms with Gasteiger partial charge in [0.05, 0.1) is 20.7 Å². The summed E-state index contributed by atoms with van der Waals surface area (Å²) in [5.41, 5.74) is 0.740. The lowest BCUT2D eigenvalue weighted by molar-refractivity contribution is -0.131. The molecule has 0 saturated carbocycles. The molecule has 0 aliphatic heterocycles. The minimum absolute atomic E-state index is 0.110. The fourth-order valence-corrected chi connectivity index (χ4v) is 4.04. The number of aromatic nitrogens is 1. The van der Waals surface area contributed by atoms with Crippen molar-refractivity contribution in [3.8, 4) is 5.75 Å². The molecule has 3 rings (SSSR count). The number of hydrogen-bond acceptors (Lipinski definition) is 7. The number of esters is 1. The van der Waals surface area contributed by atoms with E-state index in [1.54, 1.807) is 18.2 Å². The molecule has 27 heavy (non-hydrogen) atoms. The molecule has 140 valence electrons. The molecule has 1 amide bonds. The second kappa shape index (κ2) is 7.43. The summed E-state index contributed by atoms with van der Waals surface area (Å²) in [7, 11) is -2.24. The van der Waals surface area contributed by atoms with Crippen molar-refractivity contribution in [1.82, 2.24) is 9.71 Å². The maximum absolute atomic E-state index is 12.5.